The molecule has 1 amide bonds. The largest absolute Gasteiger partial charge is 0.320 e. The molecule has 0 aliphatic heterocycles. The highest BCUT2D eigenvalue weighted by molar-refractivity contribution is 7.98. The maximum absolute atomic E-state index is 11.9. The molecule has 1 aromatic carbocycles. The molecule has 0 saturated heterocycles. The summed E-state index contributed by atoms with van der Waals surface area (Å²) in [5, 5.41) is 5.30. The van der Waals surface area contributed by atoms with Crippen LogP contribution in [-0.4, -0.2) is 28.9 Å². The van der Waals surface area contributed by atoms with Crippen LogP contribution in [-0.2, 0) is 4.79 Å². The Balaban J connectivity index is 1.98. The zero-order valence-electron chi connectivity index (χ0n) is 11.2. The van der Waals surface area contributed by atoms with E-state index >= 15 is 0 Å². The summed E-state index contributed by atoms with van der Waals surface area (Å²) >= 11 is 3.09. The molecular weight excluding hydrogens is 290 g/mol. The molecule has 6 heteroatoms. The summed E-state index contributed by atoms with van der Waals surface area (Å²) < 4.78 is 0. The number of thioether (sulfide) groups is 1. The van der Waals surface area contributed by atoms with Crippen LogP contribution in [0.2, 0.25) is 0 Å². The van der Waals surface area contributed by atoms with E-state index in [9.17, 15) is 4.79 Å². The van der Waals surface area contributed by atoms with Crippen molar-refractivity contribution in [2.24, 2.45) is 5.73 Å². The van der Waals surface area contributed by atoms with Gasteiger partial charge in [0.1, 0.15) is 0 Å². The van der Waals surface area contributed by atoms with Crippen LogP contribution >= 0.6 is 23.1 Å². The average molecular weight is 307 g/mol. The molecule has 2 rings (SSSR count). The number of nitrogens with two attached hydrogens (primary N) is 1. The van der Waals surface area contributed by atoms with Crippen molar-refractivity contribution in [3.05, 3.63) is 35.7 Å². The van der Waals surface area contributed by atoms with Gasteiger partial charge in [-0.15, -0.1) is 11.3 Å². The number of rotatable bonds is 6. The summed E-state index contributed by atoms with van der Waals surface area (Å²) in [6, 6.07) is 9.39. The molecule has 0 unspecified atom stereocenters. The van der Waals surface area contributed by atoms with E-state index in [2.05, 4.69) is 10.3 Å². The number of nitrogens with one attached hydrogen (secondary N) is 1. The van der Waals surface area contributed by atoms with Crippen LogP contribution in [0.1, 0.15) is 6.42 Å². The Morgan fingerprint density at radius 1 is 1.45 bits per heavy atom. The molecule has 1 heterocycles. The fourth-order valence-corrected chi connectivity index (χ4v) is 2.86. The summed E-state index contributed by atoms with van der Waals surface area (Å²) in [6.07, 6.45) is 2.67. The molecule has 0 fully saturated rings. The highest BCUT2D eigenvalue weighted by atomic mass is 32.2. The first-order valence-corrected chi connectivity index (χ1v) is 8.54. The summed E-state index contributed by atoms with van der Waals surface area (Å²) in [4.78, 5) is 16.3. The molecular formula is C14H17N3OS2. The minimum Gasteiger partial charge on any atom is -0.320 e. The van der Waals surface area contributed by atoms with E-state index in [1.807, 2.05) is 42.0 Å². The lowest BCUT2D eigenvalue weighted by atomic mass is 10.2. The molecule has 1 atom stereocenters. The van der Waals surface area contributed by atoms with Gasteiger partial charge in [0, 0.05) is 10.9 Å². The topological polar surface area (TPSA) is 68.0 Å². The average Bonchev–Trinajstić information content (AvgIpc) is 2.94. The Morgan fingerprint density at radius 3 is 2.90 bits per heavy atom. The van der Waals surface area contributed by atoms with Gasteiger partial charge in [-0.05, 0) is 18.4 Å². The van der Waals surface area contributed by atoms with Gasteiger partial charge >= 0.3 is 0 Å². The number of hydrogen-bond donors (Lipinski definition) is 2. The van der Waals surface area contributed by atoms with E-state index in [1.165, 1.54) is 11.3 Å². The number of hydrogen-bond acceptors (Lipinski definition) is 5. The van der Waals surface area contributed by atoms with Crippen LogP contribution in [0.3, 0.4) is 0 Å². The SMILES string of the molecule is CSCC[C@H](N)C(=O)Nc1nc(-c2ccccc2)cs1. The molecule has 0 spiro atoms. The van der Waals surface area contributed by atoms with Crippen molar-refractivity contribution in [1.82, 2.24) is 4.98 Å². The van der Waals surface area contributed by atoms with Gasteiger partial charge in [0.25, 0.3) is 0 Å². The van der Waals surface area contributed by atoms with Gasteiger partial charge in [-0.2, -0.15) is 11.8 Å². The van der Waals surface area contributed by atoms with E-state index in [4.69, 9.17) is 5.73 Å². The first kappa shape index (κ1) is 15.0. The first-order valence-electron chi connectivity index (χ1n) is 6.27. The highest BCUT2D eigenvalue weighted by Crippen LogP contribution is 2.24. The van der Waals surface area contributed by atoms with Crippen molar-refractivity contribution in [1.29, 1.82) is 0 Å². The van der Waals surface area contributed by atoms with Gasteiger partial charge in [0.05, 0.1) is 11.7 Å². The second kappa shape index (κ2) is 7.42. The van der Waals surface area contributed by atoms with Gasteiger partial charge in [0.2, 0.25) is 5.91 Å². The lowest BCUT2D eigenvalue weighted by Crippen LogP contribution is -2.36. The maximum atomic E-state index is 11.9. The van der Waals surface area contributed by atoms with Crippen LogP contribution in [0.15, 0.2) is 35.7 Å². The van der Waals surface area contributed by atoms with Crippen molar-refractivity contribution in [3.8, 4) is 11.3 Å². The van der Waals surface area contributed by atoms with Crippen molar-refractivity contribution < 1.29 is 4.79 Å². The lowest BCUT2D eigenvalue weighted by Gasteiger charge is -2.09. The predicted molar refractivity (Wildman–Crippen MR) is 87.2 cm³/mol. The Morgan fingerprint density at radius 2 is 2.20 bits per heavy atom. The van der Waals surface area contributed by atoms with E-state index in [0.29, 0.717) is 11.6 Å². The Hall–Kier alpha value is -1.37. The van der Waals surface area contributed by atoms with Crippen LogP contribution in [0.4, 0.5) is 5.13 Å². The molecule has 106 valence electrons. The fourth-order valence-electron chi connectivity index (χ4n) is 1.65. The number of carbonyl (C=O) groups is 1. The number of aromatic nitrogens is 1. The van der Waals surface area contributed by atoms with E-state index in [-0.39, 0.29) is 5.91 Å². The third kappa shape index (κ3) is 4.06. The second-order valence-corrected chi connectivity index (χ2v) is 6.12. The van der Waals surface area contributed by atoms with Gasteiger partial charge < -0.3 is 11.1 Å². The summed E-state index contributed by atoms with van der Waals surface area (Å²) in [6.45, 7) is 0. The number of anilines is 1. The molecule has 20 heavy (non-hydrogen) atoms. The molecule has 2 aromatic rings. The normalized spacial score (nSPS) is 12.1. The Labute approximate surface area is 126 Å². The van der Waals surface area contributed by atoms with Crippen LogP contribution < -0.4 is 11.1 Å². The Kier molecular flexibility index (Phi) is 5.58. The number of nitrogens with zero attached hydrogens (tertiary/aromatic N) is 1. The molecule has 3 N–H and O–H groups in total. The molecule has 0 radical (unpaired) electrons. The van der Waals surface area contributed by atoms with Crippen LogP contribution in [0.5, 0.6) is 0 Å². The minimum atomic E-state index is -0.480. The monoisotopic (exact) mass is 307 g/mol. The second-order valence-electron chi connectivity index (χ2n) is 4.28. The molecule has 0 saturated carbocycles. The third-order valence-electron chi connectivity index (χ3n) is 2.77. The Bertz CT molecular complexity index is 557. The smallest absolute Gasteiger partial charge is 0.243 e. The number of amides is 1. The zero-order valence-corrected chi connectivity index (χ0v) is 12.8. The number of carbonyl (C=O) groups excluding carboxylic acids is 1. The lowest BCUT2D eigenvalue weighted by molar-refractivity contribution is -0.117. The van der Waals surface area contributed by atoms with Gasteiger partial charge in [-0.1, -0.05) is 30.3 Å². The van der Waals surface area contributed by atoms with E-state index < -0.39 is 6.04 Å². The molecule has 0 bridgehead atoms. The number of thiazole rings is 1. The van der Waals surface area contributed by atoms with Gasteiger partial charge in [0.15, 0.2) is 5.13 Å². The summed E-state index contributed by atoms with van der Waals surface area (Å²) in [7, 11) is 0. The summed E-state index contributed by atoms with van der Waals surface area (Å²) in [5.41, 5.74) is 7.72. The molecule has 4 nitrogen and oxygen atoms in total. The van der Waals surface area contributed by atoms with Crippen molar-refractivity contribution in [2.75, 3.05) is 17.3 Å². The standard InChI is InChI=1S/C14H17N3OS2/c1-19-8-7-11(15)13(18)17-14-16-12(9-20-14)10-5-3-2-4-6-10/h2-6,9,11H,7-8,15H2,1H3,(H,16,17,18)/t11-/m0/s1. The van der Waals surface area contributed by atoms with Crippen LogP contribution in [0.25, 0.3) is 11.3 Å². The zero-order chi connectivity index (χ0) is 14.4. The summed E-state index contributed by atoms with van der Waals surface area (Å²) in [5.74, 6) is 0.704. The van der Waals surface area contributed by atoms with E-state index in [0.717, 1.165) is 17.0 Å². The maximum Gasteiger partial charge on any atom is 0.243 e. The third-order valence-corrected chi connectivity index (χ3v) is 4.18. The first-order chi connectivity index (χ1) is 9.70. The van der Waals surface area contributed by atoms with Crippen molar-refractivity contribution in [2.45, 2.75) is 12.5 Å². The predicted octanol–water partition coefficient (Wildman–Crippen LogP) is 2.83. The van der Waals surface area contributed by atoms with Gasteiger partial charge in [-0.25, -0.2) is 4.98 Å². The highest BCUT2D eigenvalue weighted by Gasteiger charge is 2.14. The van der Waals surface area contributed by atoms with Crippen LogP contribution in [0, 0.1) is 0 Å². The molecule has 0 aliphatic rings. The minimum absolute atomic E-state index is 0.173. The number of benzene rings is 1. The van der Waals surface area contributed by atoms with E-state index in [1.54, 1.807) is 11.8 Å². The molecule has 1 aromatic heterocycles. The molecule has 0 aliphatic carbocycles. The van der Waals surface area contributed by atoms with Gasteiger partial charge in [-0.3, -0.25) is 4.79 Å². The van der Waals surface area contributed by atoms with Crippen molar-refractivity contribution in [3.63, 3.8) is 0 Å². The van der Waals surface area contributed by atoms with Crippen molar-refractivity contribution >= 4 is 34.1 Å². The fraction of sp³-hybridized carbons (Fsp3) is 0.286. The quantitative estimate of drug-likeness (QED) is 0.861.